The summed E-state index contributed by atoms with van der Waals surface area (Å²) in [4.78, 5) is 48.1. The Hall–Kier alpha value is -4.71. The molecule has 2 aliphatic rings. The summed E-state index contributed by atoms with van der Waals surface area (Å²) in [7, 11) is 1.56. The molecule has 17 nitrogen and oxygen atoms in total. The molecule has 0 radical (unpaired) electrons. The highest BCUT2D eigenvalue weighted by Gasteiger charge is 2.38. The zero-order chi connectivity index (χ0) is 39.9. The van der Waals surface area contributed by atoms with Crippen molar-refractivity contribution in [3.8, 4) is 11.4 Å². The van der Waals surface area contributed by atoms with Crippen LogP contribution in [0, 0.1) is 5.41 Å². The second-order valence-electron chi connectivity index (χ2n) is 14.8. The number of benzene rings is 1. The van der Waals surface area contributed by atoms with Crippen molar-refractivity contribution >= 4 is 35.6 Å². The van der Waals surface area contributed by atoms with Gasteiger partial charge in [-0.3, -0.25) is 14.2 Å². The topological polar surface area (TPSA) is 193 Å². The van der Waals surface area contributed by atoms with Gasteiger partial charge in [0.1, 0.15) is 24.1 Å². The summed E-state index contributed by atoms with van der Waals surface area (Å²) in [5.41, 5.74) is 1.60. The number of hydrogen-bond donors (Lipinski definition) is 3. The van der Waals surface area contributed by atoms with Gasteiger partial charge in [0, 0.05) is 24.6 Å². The van der Waals surface area contributed by atoms with Crippen molar-refractivity contribution in [3.63, 3.8) is 0 Å². The number of carbonyl (C=O) groups excluding carboxylic acids is 3. The minimum absolute atomic E-state index is 0.0738. The van der Waals surface area contributed by atoms with E-state index in [-0.39, 0.29) is 36.3 Å². The van der Waals surface area contributed by atoms with Crippen LogP contribution < -0.4 is 25.6 Å². The maximum absolute atomic E-state index is 12.9. The number of rotatable bonds is 23. The molecule has 3 aromatic rings. The molecule has 1 aliphatic heterocycles. The monoisotopic (exact) mass is 779 g/mol. The van der Waals surface area contributed by atoms with Crippen LogP contribution in [-0.4, -0.2) is 121 Å². The predicted octanol–water partition coefficient (Wildman–Crippen LogP) is 3.94. The van der Waals surface area contributed by atoms with Crippen molar-refractivity contribution in [1.82, 2.24) is 35.4 Å². The van der Waals surface area contributed by atoms with E-state index >= 15 is 0 Å². The molecule has 56 heavy (non-hydrogen) atoms. The molecule has 2 amide bonds. The molecule has 17 heteroatoms. The Morgan fingerprint density at radius 3 is 2.30 bits per heavy atom. The molecule has 0 saturated heterocycles. The van der Waals surface area contributed by atoms with Gasteiger partial charge in [0.15, 0.2) is 11.6 Å². The summed E-state index contributed by atoms with van der Waals surface area (Å²) >= 11 is 0. The van der Waals surface area contributed by atoms with Crippen LogP contribution in [0.3, 0.4) is 0 Å². The van der Waals surface area contributed by atoms with E-state index in [9.17, 15) is 14.4 Å². The van der Waals surface area contributed by atoms with Crippen LogP contribution in [0.25, 0.3) is 5.69 Å². The molecular weight excluding hydrogens is 722 g/mol. The van der Waals surface area contributed by atoms with Gasteiger partial charge in [-0.05, 0) is 42.9 Å². The molecule has 2 aromatic heterocycles. The molecule has 0 spiro atoms. The van der Waals surface area contributed by atoms with E-state index in [0.717, 1.165) is 42.9 Å². The van der Waals surface area contributed by atoms with Gasteiger partial charge in [-0.25, -0.2) is 4.98 Å². The fourth-order valence-corrected chi connectivity index (χ4v) is 6.73. The van der Waals surface area contributed by atoms with E-state index in [0.29, 0.717) is 81.8 Å². The molecule has 3 N–H and O–H groups in total. The van der Waals surface area contributed by atoms with Gasteiger partial charge in [0.2, 0.25) is 11.9 Å². The van der Waals surface area contributed by atoms with Crippen LogP contribution in [0.4, 0.5) is 17.5 Å². The first-order chi connectivity index (χ1) is 27.1. The van der Waals surface area contributed by atoms with Crippen molar-refractivity contribution in [3.05, 3.63) is 42.1 Å². The number of methoxy groups -OCH3 is 1. The van der Waals surface area contributed by atoms with E-state index in [1.165, 1.54) is 12.8 Å². The first-order valence-electron chi connectivity index (χ1n) is 19.5. The SMILES string of the molecule is CC[C@@H]1c2nncn2-c2cnc(Nc3ccc(C(=O)NCCOCCOCCOCCOCCC(=O)NC(C=O)C(C)(C)C)cc3OC)nc2N1C1CCCC1. The number of nitrogens with one attached hydrogen (secondary N) is 3. The van der Waals surface area contributed by atoms with Crippen molar-refractivity contribution in [2.45, 2.75) is 84.3 Å². The first-order valence-corrected chi connectivity index (χ1v) is 19.5. The zero-order valence-corrected chi connectivity index (χ0v) is 33.3. The molecule has 2 atom stereocenters. The van der Waals surface area contributed by atoms with Gasteiger partial charge in [-0.15, -0.1) is 10.2 Å². The third-order valence-corrected chi connectivity index (χ3v) is 9.78. The molecular formula is C39H57N9O8. The average Bonchev–Trinajstić information content (AvgIpc) is 3.91. The zero-order valence-electron chi connectivity index (χ0n) is 33.3. The second kappa shape index (κ2) is 21.0. The Morgan fingerprint density at radius 2 is 1.66 bits per heavy atom. The molecule has 1 aromatic carbocycles. The molecule has 1 unspecified atom stereocenters. The minimum Gasteiger partial charge on any atom is -0.495 e. The van der Waals surface area contributed by atoms with Gasteiger partial charge in [-0.1, -0.05) is 40.5 Å². The van der Waals surface area contributed by atoms with E-state index < -0.39 is 6.04 Å². The Labute approximate surface area is 328 Å². The lowest BCUT2D eigenvalue weighted by Crippen LogP contribution is -2.45. The number of aromatic nitrogens is 5. The van der Waals surface area contributed by atoms with Gasteiger partial charge in [0.25, 0.3) is 5.91 Å². The number of anilines is 3. The third kappa shape index (κ3) is 11.4. The molecule has 1 aliphatic carbocycles. The molecule has 1 fully saturated rings. The van der Waals surface area contributed by atoms with Crippen LogP contribution in [0.5, 0.6) is 5.75 Å². The summed E-state index contributed by atoms with van der Waals surface area (Å²) in [6.07, 6.45) is 9.95. The summed E-state index contributed by atoms with van der Waals surface area (Å²) in [6, 6.07) is 5.10. The Bertz CT molecular complexity index is 1730. The van der Waals surface area contributed by atoms with Crippen molar-refractivity contribution in [2.75, 3.05) is 76.7 Å². The van der Waals surface area contributed by atoms with E-state index in [1.54, 1.807) is 37.8 Å². The van der Waals surface area contributed by atoms with E-state index in [4.69, 9.17) is 28.7 Å². The molecule has 306 valence electrons. The lowest BCUT2D eigenvalue weighted by Gasteiger charge is -2.40. The quantitative estimate of drug-likeness (QED) is 0.0926. The summed E-state index contributed by atoms with van der Waals surface area (Å²) < 4.78 is 29.7. The maximum Gasteiger partial charge on any atom is 0.251 e. The Kier molecular flexibility index (Phi) is 15.9. The first kappa shape index (κ1) is 42.4. The fourth-order valence-electron chi connectivity index (χ4n) is 6.73. The molecule has 5 rings (SSSR count). The Balaban J connectivity index is 0.965. The number of fused-ring (bicyclic) bond motifs is 3. The summed E-state index contributed by atoms with van der Waals surface area (Å²) in [5, 5.41) is 17.5. The van der Waals surface area contributed by atoms with Gasteiger partial charge >= 0.3 is 0 Å². The second-order valence-corrected chi connectivity index (χ2v) is 14.8. The molecule has 0 bridgehead atoms. The van der Waals surface area contributed by atoms with Crippen LogP contribution >= 0.6 is 0 Å². The van der Waals surface area contributed by atoms with Crippen LogP contribution in [0.15, 0.2) is 30.7 Å². The van der Waals surface area contributed by atoms with Crippen LogP contribution in [-0.2, 0) is 28.5 Å². The summed E-state index contributed by atoms with van der Waals surface area (Å²) in [6.45, 7) is 11.0. The number of nitrogens with zero attached hydrogens (tertiary/aromatic N) is 6. The minimum atomic E-state index is -0.536. The molecule has 1 saturated carbocycles. The highest BCUT2D eigenvalue weighted by atomic mass is 16.6. The third-order valence-electron chi connectivity index (χ3n) is 9.78. The number of amides is 2. The smallest absolute Gasteiger partial charge is 0.251 e. The standard InChI is InChI=1S/C39H57N9O8/c1-6-30-36-46-42-26-47(36)31-24-41-38(45-35(31)48(30)28-9-7-8-10-28)43-29-12-11-27(23-32(29)52-5)37(51)40-14-16-54-18-20-56-22-21-55-19-17-53-15-13-34(50)44-33(25-49)39(2,3)4/h11-12,23-26,28,30,33H,6-10,13-22H2,1-5H3,(H,40,51)(H,44,50)(H,41,43,45)/t30-,33?/m1/s1. The highest BCUT2D eigenvalue weighted by molar-refractivity contribution is 5.95. The van der Waals surface area contributed by atoms with Crippen LogP contribution in [0.2, 0.25) is 0 Å². The molecule has 3 heterocycles. The van der Waals surface area contributed by atoms with Gasteiger partial charge in [-0.2, -0.15) is 4.98 Å². The number of carbonyl (C=O) groups is 3. The highest BCUT2D eigenvalue weighted by Crippen LogP contribution is 2.43. The lowest BCUT2D eigenvalue weighted by molar-refractivity contribution is -0.126. The van der Waals surface area contributed by atoms with Crippen molar-refractivity contribution in [2.24, 2.45) is 5.41 Å². The van der Waals surface area contributed by atoms with Crippen molar-refractivity contribution < 1.29 is 38.1 Å². The normalized spacial score (nSPS) is 15.9. The predicted molar refractivity (Wildman–Crippen MR) is 209 cm³/mol. The van der Waals surface area contributed by atoms with Gasteiger partial charge in [0.05, 0.1) is 83.9 Å². The van der Waals surface area contributed by atoms with E-state index in [2.05, 4.69) is 43.0 Å². The largest absolute Gasteiger partial charge is 0.495 e. The van der Waals surface area contributed by atoms with Crippen molar-refractivity contribution in [1.29, 1.82) is 0 Å². The number of aldehydes is 1. The van der Waals surface area contributed by atoms with E-state index in [1.807, 2.05) is 25.3 Å². The maximum atomic E-state index is 12.9. The average molecular weight is 780 g/mol. The van der Waals surface area contributed by atoms with Gasteiger partial charge < -0.3 is 49.3 Å². The lowest BCUT2D eigenvalue weighted by atomic mass is 9.87. The number of hydrogen-bond acceptors (Lipinski definition) is 14. The van der Waals surface area contributed by atoms with Crippen LogP contribution in [0.1, 0.15) is 88.4 Å². The number of ether oxygens (including phenoxy) is 5. The summed E-state index contributed by atoms with van der Waals surface area (Å²) in [5.74, 6) is 2.20. The Morgan fingerprint density at radius 1 is 0.982 bits per heavy atom. The fraction of sp³-hybridized carbons (Fsp3) is 0.615.